The van der Waals surface area contributed by atoms with Crippen LogP contribution in [0.25, 0.3) is 0 Å². The van der Waals surface area contributed by atoms with Gasteiger partial charge in [-0.2, -0.15) is 0 Å². The van der Waals surface area contributed by atoms with E-state index in [1.54, 1.807) is 6.92 Å². The molecule has 1 heterocycles. The van der Waals surface area contributed by atoms with Crippen molar-refractivity contribution in [1.29, 1.82) is 0 Å². The van der Waals surface area contributed by atoms with Gasteiger partial charge in [-0.3, -0.25) is 4.90 Å². The number of morpholine rings is 1. The third-order valence-corrected chi connectivity index (χ3v) is 2.34. The van der Waals surface area contributed by atoms with Gasteiger partial charge in [0.2, 0.25) is 0 Å². The zero-order valence-electron chi connectivity index (χ0n) is 8.31. The fourth-order valence-electron chi connectivity index (χ4n) is 1.58. The Morgan fingerprint density at radius 2 is 2.31 bits per heavy atom. The van der Waals surface area contributed by atoms with Crippen LogP contribution in [0.3, 0.4) is 0 Å². The Hall–Kier alpha value is -0.160. The first kappa shape index (κ1) is 10.9. The van der Waals surface area contributed by atoms with Crippen LogP contribution in [0.15, 0.2) is 0 Å². The molecule has 2 unspecified atom stereocenters. The second-order valence-electron chi connectivity index (χ2n) is 3.79. The first-order chi connectivity index (χ1) is 6.13. The van der Waals surface area contributed by atoms with Crippen molar-refractivity contribution in [1.82, 2.24) is 4.90 Å². The molecule has 1 saturated heterocycles. The molecular weight excluding hydrogens is 170 g/mol. The van der Waals surface area contributed by atoms with Crippen molar-refractivity contribution in [2.24, 2.45) is 0 Å². The lowest BCUT2D eigenvalue weighted by molar-refractivity contribution is -0.0854. The summed E-state index contributed by atoms with van der Waals surface area (Å²) in [4.78, 5) is 2.15. The van der Waals surface area contributed by atoms with Crippen LogP contribution < -0.4 is 0 Å². The first-order valence-electron chi connectivity index (χ1n) is 4.78. The lowest BCUT2D eigenvalue weighted by Crippen LogP contribution is -2.51. The quantitative estimate of drug-likeness (QED) is 0.625. The molecular formula is C9H19NO3. The van der Waals surface area contributed by atoms with Crippen LogP contribution in [0.1, 0.15) is 13.8 Å². The molecule has 0 saturated carbocycles. The average Bonchev–Trinajstić information content (AvgIpc) is 2.08. The molecule has 3 atom stereocenters. The minimum Gasteiger partial charge on any atom is -0.394 e. The van der Waals surface area contributed by atoms with E-state index in [1.807, 2.05) is 0 Å². The molecule has 2 N–H and O–H groups in total. The van der Waals surface area contributed by atoms with E-state index in [2.05, 4.69) is 11.8 Å². The zero-order valence-corrected chi connectivity index (χ0v) is 8.31. The molecule has 0 amide bonds. The van der Waals surface area contributed by atoms with Crippen LogP contribution in [0, 0.1) is 0 Å². The summed E-state index contributed by atoms with van der Waals surface area (Å²) in [6.45, 7) is 5.90. The number of aliphatic hydroxyl groups excluding tert-OH is 2. The summed E-state index contributed by atoms with van der Waals surface area (Å²) >= 11 is 0. The summed E-state index contributed by atoms with van der Waals surface area (Å²) in [6.07, 6.45) is -0.408. The molecule has 1 aliphatic heterocycles. The Morgan fingerprint density at radius 1 is 1.62 bits per heavy atom. The first-order valence-corrected chi connectivity index (χ1v) is 4.78. The molecule has 4 nitrogen and oxygen atoms in total. The highest BCUT2D eigenvalue weighted by atomic mass is 16.5. The highest BCUT2D eigenvalue weighted by Gasteiger charge is 2.25. The molecule has 0 spiro atoms. The highest BCUT2D eigenvalue weighted by molar-refractivity contribution is 4.77. The molecule has 1 rings (SSSR count). The number of rotatable bonds is 3. The molecule has 0 radical (unpaired) electrons. The number of hydrogen-bond donors (Lipinski definition) is 2. The van der Waals surface area contributed by atoms with Crippen LogP contribution in [0.4, 0.5) is 0 Å². The number of nitrogens with zero attached hydrogens (tertiary/aromatic N) is 1. The lowest BCUT2D eigenvalue weighted by Gasteiger charge is -2.37. The Balaban J connectivity index is 2.40. The standard InChI is InChI=1S/C9H19NO3/c1-7-6-13-9(5-11)4-10(7)3-8(2)12/h7-9,11-12H,3-6H2,1-2H3/t7?,8-,9?/m1/s1. The molecule has 0 aromatic rings. The molecule has 4 heteroatoms. The second-order valence-corrected chi connectivity index (χ2v) is 3.79. The zero-order chi connectivity index (χ0) is 9.84. The van der Waals surface area contributed by atoms with E-state index in [0.29, 0.717) is 25.7 Å². The van der Waals surface area contributed by atoms with E-state index in [1.165, 1.54) is 0 Å². The van der Waals surface area contributed by atoms with Gasteiger partial charge in [0.15, 0.2) is 0 Å². The SMILES string of the molecule is CC1COC(CO)CN1C[C@@H](C)O. The van der Waals surface area contributed by atoms with Gasteiger partial charge in [0.05, 0.1) is 25.4 Å². The Kier molecular flexibility index (Phi) is 4.12. The maximum atomic E-state index is 9.24. The van der Waals surface area contributed by atoms with E-state index in [4.69, 9.17) is 9.84 Å². The van der Waals surface area contributed by atoms with E-state index >= 15 is 0 Å². The van der Waals surface area contributed by atoms with Crippen LogP contribution >= 0.6 is 0 Å². The summed E-state index contributed by atoms with van der Waals surface area (Å²) in [7, 11) is 0. The normalized spacial score (nSPS) is 33.2. The largest absolute Gasteiger partial charge is 0.394 e. The molecule has 0 aromatic carbocycles. The van der Waals surface area contributed by atoms with Gasteiger partial charge < -0.3 is 14.9 Å². The molecule has 0 aliphatic carbocycles. The fraction of sp³-hybridized carbons (Fsp3) is 1.00. The summed E-state index contributed by atoms with van der Waals surface area (Å²) in [5.74, 6) is 0. The van der Waals surface area contributed by atoms with Crippen molar-refractivity contribution in [3.05, 3.63) is 0 Å². The predicted molar refractivity (Wildman–Crippen MR) is 49.5 cm³/mol. The lowest BCUT2D eigenvalue weighted by atomic mass is 10.2. The minimum absolute atomic E-state index is 0.0586. The smallest absolute Gasteiger partial charge is 0.0933 e. The van der Waals surface area contributed by atoms with Gasteiger partial charge >= 0.3 is 0 Å². The summed E-state index contributed by atoms with van der Waals surface area (Å²) in [5.41, 5.74) is 0. The van der Waals surface area contributed by atoms with Crippen molar-refractivity contribution in [2.75, 3.05) is 26.3 Å². The van der Waals surface area contributed by atoms with Gasteiger partial charge in [0, 0.05) is 19.1 Å². The third kappa shape index (κ3) is 3.23. The van der Waals surface area contributed by atoms with Gasteiger partial charge in [0.25, 0.3) is 0 Å². The van der Waals surface area contributed by atoms with E-state index in [-0.39, 0.29) is 18.8 Å². The van der Waals surface area contributed by atoms with Gasteiger partial charge in [0.1, 0.15) is 0 Å². The predicted octanol–water partition coefficient (Wildman–Crippen LogP) is -0.551. The maximum Gasteiger partial charge on any atom is 0.0933 e. The number of hydrogen-bond acceptors (Lipinski definition) is 4. The highest BCUT2D eigenvalue weighted by Crippen LogP contribution is 2.11. The maximum absolute atomic E-state index is 9.24. The number of ether oxygens (including phenoxy) is 1. The van der Waals surface area contributed by atoms with Gasteiger partial charge in [-0.25, -0.2) is 0 Å². The Bertz CT molecular complexity index is 152. The van der Waals surface area contributed by atoms with Crippen molar-refractivity contribution >= 4 is 0 Å². The Labute approximate surface area is 79.1 Å². The molecule has 1 aliphatic rings. The molecule has 13 heavy (non-hydrogen) atoms. The fourth-order valence-corrected chi connectivity index (χ4v) is 1.58. The van der Waals surface area contributed by atoms with E-state index < -0.39 is 0 Å². The van der Waals surface area contributed by atoms with E-state index in [9.17, 15) is 5.11 Å². The second kappa shape index (κ2) is 4.91. The molecule has 78 valence electrons. The van der Waals surface area contributed by atoms with E-state index in [0.717, 1.165) is 0 Å². The van der Waals surface area contributed by atoms with Crippen molar-refractivity contribution in [3.63, 3.8) is 0 Å². The molecule has 0 aromatic heterocycles. The number of β-amino-alcohol motifs (C(OH)–C–C–N with tert-alkyl or cyclic N) is 1. The third-order valence-electron chi connectivity index (χ3n) is 2.34. The summed E-state index contributed by atoms with van der Waals surface area (Å²) in [6, 6.07) is 0.331. The summed E-state index contributed by atoms with van der Waals surface area (Å²) < 4.78 is 5.38. The van der Waals surface area contributed by atoms with Crippen LogP contribution in [0.2, 0.25) is 0 Å². The average molecular weight is 189 g/mol. The van der Waals surface area contributed by atoms with Crippen molar-refractivity contribution in [3.8, 4) is 0 Å². The monoisotopic (exact) mass is 189 g/mol. The van der Waals surface area contributed by atoms with Gasteiger partial charge in [-0.1, -0.05) is 0 Å². The van der Waals surface area contributed by atoms with Crippen LogP contribution in [-0.2, 0) is 4.74 Å². The minimum atomic E-state index is -0.320. The summed E-state index contributed by atoms with van der Waals surface area (Å²) in [5, 5.41) is 18.2. The van der Waals surface area contributed by atoms with Crippen LogP contribution in [-0.4, -0.2) is 59.7 Å². The van der Waals surface area contributed by atoms with Gasteiger partial charge in [-0.05, 0) is 13.8 Å². The molecule has 0 bridgehead atoms. The molecule has 1 fully saturated rings. The number of aliphatic hydroxyl groups is 2. The van der Waals surface area contributed by atoms with Gasteiger partial charge in [-0.15, -0.1) is 0 Å². The van der Waals surface area contributed by atoms with Crippen molar-refractivity contribution in [2.45, 2.75) is 32.1 Å². The van der Waals surface area contributed by atoms with Crippen molar-refractivity contribution < 1.29 is 14.9 Å². The Morgan fingerprint density at radius 3 is 2.85 bits per heavy atom. The van der Waals surface area contributed by atoms with Crippen LogP contribution in [0.5, 0.6) is 0 Å². The topological polar surface area (TPSA) is 52.9 Å².